The summed E-state index contributed by atoms with van der Waals surface area (Å²) in [4.78, 5) is 12.5. The number of nitrogens with one attached hydrogen (secondary N) is 2. The molecule has 2 aromatic carbocycles. The van der Waals surface area contributed by atoms with Gasteiger partial charge in [-0.1, -0.05) is 60.7 Å². The molecular formula is C22H29ClN2O. The fourth-order valence-electron chi connectivity index (χ4n) is 3.60. The van der Waals surface area contributed by atoms with Gasteiger partial charge < -0.3 is 10.6 Å². The second-order valence-corrected chi connectivity index (χ2v) is 7.00. The number of halogens is 1. The summed E-state index contributed by atoms with van der Waals surface area (Å²) in [7, 11) is 0. The van der Waals surface area contributed by atoms with Gasteiger partial charge in [0.25, 0.3) is 0 Å². The first-order chi connectivity index (χ1) is 12.3. The molecule has 0 radical (unpaired) electrons. The van der Waals surface area contributed by atoms with Crippen LogP contribution >= 0.6 is 12.4 Å². The highest BCUT2D eigenvalue weighted by molar-refractivity contribution is 5.85. The summed E-state index contributed by atoms with van der Waals surface area (Å²) in [5, 5.41) is 6.51. The van der Waals surface area contributed by atoms with E-state index < -0.39 is 0 Å². The molecule has 0 saturated carbocycles. The van der Waals surface area contributed by atoms with Gasteiger partial charge in [0.05, 0.1) is 0 Å². The summed E-state index contributed by atoms with van der Waals surface area (Å²) in [5.74, 6) is 1.10. The van der Waals surface area contributed by atoms with Gasteiger partial charge in [-0.3, -0.25) is 4.79 Å². The molecule has 0 bridgehead atoms. The van der Waals surface area contributed by atoms with Crippen LogP contribution in [-0.4, -0.2) is 25.5 Å². The monoisotopic (exact) mass is 372 g/mol. The molecule has 1 aliphatic heterocycles. The molecule has 3 nitrogen and oxygen atoms in total. The molecule has 0 spiro atoms. The van der Waals surface area contributed by atoms with Crippen LogP contribution in [0.2, 0.25) is 0 Å². The minimum atomic E-state index is 0. The lowest BCUT2D eigenvalue weighted by Gasteiger charge is -2.18. The molecule has 2 aromatic rings. The second kappa shape index (κ2) is 11.0. The molecule has 4 heteroatoms. The van der Waals surface area contributed by atoms with Crippen LogP contribution in [0.5, 0.6) is 0 Å². The van der Waals surface area contributed by atoms with E-state index in [-0.39, 0.29) is 24.2 Å². The molecule has 0 aliphatic carbocycles. The van der Waals surface area contributed by atoms with Gasteiger partial charge in [0.2, 0.25) is 5.91 Å². The summed E-state index contributed by atoms with van der Waals surface area (Å²) in [6.07, 6.45) is 3.75. The van der Waals surface area contributed by atoms with Crippen molar-refractivity contribution in [3.05, 3.63) is 71.8 Å². The van der Waals surface area contributed by atoms with Crippen LogP contribution in [0.25, 0.3) is 0 Å². The van der Waals surface area contributed by atoms with Gasteiger partial charge in [-0.2, -0.15) is 0 Å². The van der Waals surface area contributed by atoms with Crippen molar-refractivity contribution >= 4 is 18.3 Å². The van der Waals surface area contributed by atoms with Crippen molar-refractivity contribution in [2.45, 2.75) is 31.6 Å². The lowest BCUT2D eigenvalue weighted by Crippen LogP contribution is -2.28. The molecule has 1 amide bonds. The average molecular weight is 373 g/mol. The van der Waals surface area contributed by atoms with E-state index in [0.29, 0.717) is 6.42 Å². The third-order valence-electron chi connectivity index (χ3n) is 5.06. The maximum absolute atomic E-state index is 12.5. The number of hydrogen-bond acceptors (Lipinski definition) is 2. The number of carbonyl (C=O) groups excluding carboxylic acids is 1. The highest BCUT2D eigenvalue weighted by Crippen LogP contribution is 2.24. The predicted octanol–water partition coefficient (Wildman–Crippen LogP) is 3.94. The Labute approximate surface area is 163 Å². The molecule has 1 heterocycles. The van der Waals surface area contributed by atoms with Gasteiger partial charge in [0.1, 0.15) is 0 Å². The maximum Gasteiger partial charge on any atom is 0.220 e. The van der Waals surface area contributed by atoms with Gasteiger partial charge in [0, 0.05) is 13.0 Å². The van der Waals surface area contributed by atoms with E-state index in [2.05, 4.69) is 59.2 Å². The highest BCUT2D eigenvalue weighted by Gasteiger charge is 2.18. The quantitative estimate of drug-likeness (QED) is 0.736. The van der Waals surface area contributed by atoms with Crippen LogP contribution in [0, 0.1) is 5.92 Å². The van der Waals surface area contributed by atoms with E-state index in [1.807, 2.05) is 12.1 Å². The Hall–Kier alpha value is -1.84. The largest absolute Gasteiger partial charge is 0.356 e. The smallest absolute Gasteiger partial charge is 0.220 e. The van der Waals surface area contributed by atoms with Crippen LogP contribution in [0.15, 0.2) is 60.7 Å². The third kappa shape index (κ3) is 6.47. The molecule has 26 heavy (non-hydrogen) atoms. The zero-order valence-corrected chi connectivity index (χ0v) is 16.0. The van der Waals surface area contributed by atoms with Crippen LogP contribution in [0.4, 0.5) is 0 Å². The lowest BCUT2D eigenvalue weighted by molar-refractivity contribution is -0.121. The van der Waals surface area contributed by atoms with Crippen molar-refractivity contribution in [2.75, 3.05) is 19.6 Å². The molecule has 2 unspecified atom stereocenters. The second-order valence-electron chi connectivity index (χ2n) is 7.00. The Balaban J connectivity index is 0.00000243. The number of hydrogen-bond donors (Lipinski definition) is 2. The van der Waals surface area contributed by atoms with E-state index in [4.69, 9.17) is 0 Å². The third-order valence-corrected chi connectivity index (χ3v) is 5.06. The summed E-state index contributed by atoms with van der Waals surface area (Å²) in [5.41, 5.74) is 2.52. The summed E-state index contributed by atoms with van der Waals surface area (Å²) < 4.78 is 0. The van der Waals surface area contributed by atoms with Gasteiger partial charge in [0.15, 0.2) is 0 Å². The minimum absolute atomic E-state index is 0. The van der Waals surface area contributed by atoms with Crippen molar-refractivity contribution in [2.24, 2.45) is 5.92 Å². The summed E-state index contributed by atoms with van der Waals surface area (Å²) >= 11 is 0. The molecule has 2 atom stereocenters. The number of rotatable bonds is 8. The molecule has 2 N–H and O–H groups in total. The van der Waals surface area contributed by atoms with E-state index in [1.54, 1.807) is 0 Å². The Morgan fingerprint density at radius 1 is 1.08 bits per heavy atom. The van der Waals surface area contributed by atoms with E-state index in [0.717, 1.165) is 38.4 Å². The fourth-order valence-corrected chi connectivity index (χ4v) is 3.60. The van der Waals surface area contributed by atoms with Gasteiger partial charge in [-0.25, -0.2) is 0 Å². The average Bonchev–Trinajstić information content (AvgIpc) is 3.16. The molecule has 1 aliphatic rings. The Kier molecular flexibility index (Phi) is 8.66. The lowest BCUT2D eigenvalue weighted by atomic mass is 9.89. The van der Waals surface area contributed by atoms with Crippen molar-refractivity contribution in [1.82, 2.24) is 10.6 Å². The SMILES string of the molecule is Cl.O=C(CC(Cc1ccccc1)c1ccccc1)NCCC1CCNC1. The van der Waals surface area contributed by atoms with E-state index in [9.17, 15) is 4.79 Å². The maximum atomic E-state index is 12.5. The fraction of sp³-hybridized carbons (Fsp3) is 0.409. The van der Waals surface area contributed by atoms with Gasteiger partial charge in [-0.05, 0) is 55.3 Å². The standard InChI is InChI=1S/C22H28N2O.ClH/c25-22(24-14-12-19-11-13-23-17-19)16-21(20-9-5-2-6-10-20)15-18-7-3-1-4-8-18;/h1-10,19,21,23H,11-17H2,(H,24,25);1H. The van der Waals surface area contributed by atoms with Crippen LogP contribution in [-0.2, 0) is 11.2 Å². The van der Waals surface area contributed by atoms with E-state index in [1.165, 1.54) is 17.5 Å². The normalized spacial score (nSPS) is 17.3. The van der Waals surface area contributed by atoms with Crippen molar-refractivity contribution < 1.29 is 4.79 Å². The number of carbonyl (C=O) groups is 1. The van der Waals surface area contributed by atoms with Crippen LogP contribution in [0.1, 0.15) is 36.3 Å². The molecular weight excluding hydrogens is 344 g/mol. The number of benzene rings is 2. The Bertz CT molecular complexity index is 642. The molecule has 1 fully saturated rings. The zero-order valence-electron chi connectivity index (χ0n) is 15.2. The highest BCUT2D eigenvalue weighted by atomic mass is 35.5. The summed E-state index contributed by atoms with van der Waals surface area (Å²) in [6.45, 7) is 3.00. The van der Waals surface area contributed by atoms with E-state index >= 15 is 0 Å². The number of amides is 1. The first kappa shape index (κ1) is 20.5. The molecule has 0 aromatic heterocycles. The first-order valence-corrected chi connectivity index (χ1v) is 9.37. The topological polar surface area (TPSA) is 41.1 Å². The first-order valence-electron chi connectivity index (χ1n) is 9.37. The summed E-state index contributed by atoms with van der Waals surface area (Å²) in [6, 6.07) is 20.8. The van der Waals surface area contributed by atoms with Crippen LogP contribution in [0.3, 0.4) is 0 Å². The van der Waals surface area contributed by atoms with Gasteiger partial charge in [-0.15, -0.1) is 12.4 Å². The Morgan fingerprint density at radius 3 is 2.42 bits per heavy atom. The van der Waals surface area contributed by atoms with Crippen molar-refractivity contribution in [3.8, 4) is 0 Å². The van der Waals surface area contributed by atoms with Crippen molar-refractivity contribution in [3.63, 3.8) is 0 Å². The Morgan fingerprint density at radius 2 is 1.77 bits per heavy atom. The molecule has 3 rings (SSSR count). The zero-order chi connectivity index (χ0) is 17.3. The molecule has 1 saturated heterocycles. The predicted molar refractivity (Wildman–Crippen MR) is 110 cm³/mol. The molecule has 140 valence electrons. The van der Waals surface area contributed by atoms with Crippen molar-refractivity contribution in [1.29, 1.82) is 0 Å². The minimum Gasteiger partial charge on any atom is -0.356 e. The van der Waals surface area contributed by atoms with Gasteiger partial charge >= 0.3 is 0 Å². The van der Waals surface area contributed by atoms with Crippen LogP contribution < -0.4 is 10.6 Å².